The summed E-state index contributed by atoms with van der Waals surface area (Å²) < 4.78 is 1.94. The number of hydrogen-bond donors (Lipinski definition) is 1. The lowest BCUT2D eigenvalue weighted by atomic mass is 10.0. The molecule has 0 amide bonds. The van der Waals surface area contributed by atoms with E-state index < -0.39 is 0 Å². The van der Waals surface area contributed by atoms with Crippen molar-refractivity contribution >= 4 is 5.69 Å². The Bertz CT molecular complexity index is 342. The second kappa shape index (κ2) is 3.28. The number of aryl methyl sites for hydroxylation is 2. The minimum Gasteiger partial charge on any atom is -0.396 e. The van der Waals surface area contributed by atoms with Gasteiger partial charge in [0.2, 0.25) is 0 Å². The van der Waals surface area contributed by atoms with E-state index in [0.29, 0.717) is 5.92 Å². The van der Waals surface area contributed by atoms with Crippen molar-refractivity contribution in [1.82, 2.24) is 14.7 Å². The predicted molar refractivity (Wildman–Crippen MR) is 57.2 cm³/mol. The molecule has 2 heterocycles. The highest BCUT2D eigenvalue weighted by molar-refractivity contribution is 5.49. The zero-order chi connectivity index (χ0) is 10.3. The minimum atomic E-state index is 0.561. The van der Waals surface area contributed by atoms with E-state index in [1.807, 2.05) is 18.7 Å². The summed E-state index contributed by atoms with van der Waals surface area (Å²) in [4.78, 5) is 2.34. The van der Waals surface area contributed by atoms with Crippen LogP contribution in [0, 0.1) is 6.92 Å². The summed E-state index contributed by atoms with van der Waals surface area (Å²) in [7, 11) is 4.14. The molecule has 1 aliphatic heterocycles. The smallest absolute Gasteiger partial charge is 0.0826 e. The Morgan fingerprint density at radius 1 is 1.43 bits per heavy atom. The third-order valence-corrected chi connectivity index (χ3v) is 3.09. The summed E-state index contributed by atoms with van der Waals surface area (Å²) in [6.07, 6.45) is 1.19. The van der Waals surface area contributed by atoms with Crippen LogP contribution in [-0.2, 0) is 7.05 Å². The molecule has 1 atom stereocenters. The highest BCUT2D eigenvalue weighted by atomic mass is 15.3. The van der Waals surface area contributed by atoms with Crippen LogP contribution in [0.3, 0.4) is 0 Å². The van der Waals surface area contributed by atoms with Crippen LogP contribution < -0.4 is 5.73 Å². The van der Waals surface area contributed by atoms with Crippen molar-refractivity contribution in [1.29, 1.82) is 0 Å². The summed E-state index contributed by atoms with van der Waals surface area (Å²) in [5.41, 5.74) is 9.08. The van der Waals surface area contributed by atoms with Gasteiger partial charge in [0.05, 0.1) is 17.1 Å². The van der Waals surface area contributed by atoms with Gasteiger partial charge < -0.3 is 10.6 Å². The molecule has 0 bridgehead atoms. The van der Waals surface area contributed by atoms with Crippen LogP contribution >= 0.6 is 0 Å². The average Bonchev–Trinajstić information content (AvgIpc) is 2.60. The van der Waals surface area contributed by atoms with Gasteiger partial charge in [0.15, 0.2) is 0 Å². The fourth-order valence-corrected chi connectivity index (χ4v) is 2.33. The second-order valence-corrected chi connectivity index (χ2v) is 4.26. The van der Waals surface area contributed by atoms with Gasteiger partial charge in [-0.15, -0.1) is 0 Å². The van der Waals surface area contributed by atoms with E-state index >= 15 is 0 Å². The van der Waals surface area contributed by atoms with E-state index in [4.69, 9.17) is 5.73 Å². The first-order chi connectivity index (χ1) is 6.59. The van der Waals surface area contributed by atoms with Gasteiger partial charge >= 0.3 is 0 Å². The van der Waals surface area contributed by atoms with Crippen LogP contribution in [0.2, 0.25) is 0 Å². The van der Waals surface area contributed by atoms with Gasteiger partial charge in [0, 0.05) is 19.5 Å². The van der Waals surface area contributed by atoms with Crippen LogP contribution in [0.4, 0.5) is 5.69 Å². The van der Waals surface area contributed by atoms with Crippen LogP contribution in [-0.4, -0.2) is 34.8 Å². The number of nitrogens with two attached hydrogens (primary N) is 1. The van der Waals surface area contributed by atoms with Crippen LogP contribution in [0.5, 0.6) is 0 Å². The zero-order valence-electron chi connectivity index (χ0n) is 9.12. The highest BCUT2D eigenvalue weighted by Gasteiger charge is 2.26. The molecule has 14 heavy (non-hydrogen) atoms. The van der Waals surface area contributed by atoms with Crippen LogP contribution in [0.1, 0.15) is 23.7 Å². The molecule has 0 aliphatic carbocycles. The Hall–Kier alpha value is -1.03. The summed E-state index contributed by atoms with van der Waals surface area (Å²) >= 11 is 0. The quantitative estimate of drug-likeness (QED) is 0.717. The number of anilines is 1. The van der Waals surface area contributed by atoms with Crippen molar-refractivity contribution in [2.24, 2.45) is 7.05 Å². The molecule has 4 nitrogen and oxygen atoms in total. The number of likely N-dealkylation sites (tertiary alicyclic amines) is 1. The van der Waals surface area contributed by atoms with Crippen molar-refractivity contribution < 1.29 is 0 Å². The van der Waals surface area contributed by atoms with Gasteiger partial charge in [0.1, 0.15) is 0 Å². The number of nitrogen functional groups attached to an aromatic ring is 1. The summed E-state index contributed by atoms with van der Waals surface area (Å²) in [6, 6.07) is 0. The van der Waals surface area contributed by atoms with Gasteiger partial charge in [-0.1, -0.05) is 0 Å². The first kappa shape index (κ1) is 9.52. The molecule has 1 aromatic heterocycles. The molecule has 1 aliphatic rings. The monoisotopic (exact) mass is 194 g/mol. The molecule has 0 radical (unpaired) electrons. The highest BCUT2D eigenvalue weighted by Crippen LogP contribution is 2.31. The third-order valence-electron chi connectivity index (χ3n) is 3.09. The molecule has 78 valence electrons. The number of rotatable bonds is 1. The maximum atomic E-state index is 6.03. The molecular weight excluding hydrogens is 176 g/mol. The molecule has 2 N–H and O–H groups in total. The first-order valence-corrected chi connectivity index (χ1v) is 5.07. The molecule has 1 saturated heterocycles. The third kappa shape index (κ3) is 1.39. The van der Waals surface area contributed by atoms with Gasteiger partial charge in [-0.05, 0) is 26.9 Å². The minimum absolute atomic E-state index is 0.561. The Morgan fingerprint density at radius 2 is 2.14 bits per heavy atom. The average molecular weight is 194 g/mol. The largest absolute Gasteiger partial charge is 0.396 e. The lowest BCUT2D eigenvalue weighted by Crippen LogP contribution is -2.15. The van der Waals surface area contributed by atoms with Gasteiger partial charge in [0.25, 0.3) is 0 Å². The topological polar surface area (TPSA) is 47.1 Å². The van der Waals surface area contributed by atoms with Gasteiger partial charge in [-0.25, -0.2) is 0 Å². The van der Waals surface area contributed by atoms with Crippen molar-refractivity contribution in [3.8, 4) is 0 Å². The maximum Gasteiger partial charge on any atom is 0.0826 e. The molecule has 1 fully saturated rings. The number of aromatic nitrogens is 2. The van der Waals surface area contributed by atoms with Crippen molar-refractivity contribution in [2.75, 3.05) is 25.9 Å². The first-order valence-electron chi connectivity index (χ1n) is 5.07. The summed E-state index contributed by atoms with van der Waals surface area (Å²) in [6.45, 7) is 4.23. The predicted octanol–water partition coefficient (Wildman–Crippen LogP) is 0.730. The fraction of sp³-hybridized carbons (Fsp3) is 0.700. The Balaban J connectivity index is 2.31. The van der Waals surface area contributed by atoms with Crippen molar-refractivity contribution in [2.45, 2.75) is 19.3 Å². The van der Waals surface area contributed by atoms with Gasteiger partial charge in [-0.2, -0.15) is 5.10 Å². The number of nitrogens with zero attached hydrogens (tertiary/aromatic N) is 3. The molecule has 1 aromatic rings. The summed E-state index contributed by atoms with van der Waals surface area (Å²) in [5.74, 6) is 0.561. The molecule has 1 unspecified atom stereocenters. The lowest BCUT2D eigenvalue weighted by Gasteiger charge is -2.11. The summed E-state index contributed by atoms with van der Waals surface area (Å²) in [5, 5.41) is 4.35. The normalized spacial score (nSPS) is 23.2. The number of hydrogen-bond acceptors (Lipinski definition) is 3. The van der Waals surface area contributed by atoms with Crippen LogP contribution in [0.25, 0.3) is 0 Å². The molecule has 0 spiro atoms. The molecule has 0 aromatic carbocycles. The van der Waals surface area contributed by atoms with Crippen molar-refractivity contribution in [3.05, 3.63) is 11.4 Å². The van der Waals surface area contributed by atoms with E-state index in [2.05, 4.69) is 17.0 Å². The Kier molecular flexibility index (Phi) is 2.23. The zero-order valence-corrected chi connectivity index (χ0v) is 9.12. The maximum absolute atomic E-state index is 6.03. The second-order valence-electron chi connectivity index (χ2n) is 4.26. The van der Waals surface area contributed by atoms with Crippen LogP contribution in [0.15, 0.2) is 0 Å². The van der Waals surface area contributed by atoms with E-state index in [-0.39, 0.29) is 0 Å². The Morgan fingerprint density at radius 3 is 2.57 bits per heavy atom. The SMILES string of the molecule is Cc1nn(C)c(C2CCN(C)C2)c1N. The van der Waals surface area contributed by atoms with E-state index in [0.717, 1.165) is 24.5 Å². The van der Waals surface area contributed by atoms with Gasteiger partial charge in [-0.3, -0.25) is 4.68 Å². The molecule has 0 saturated carbocycles. The molecule has 2 rings (SSSR count). The van der Waals surface area contributed by atoms with E-state index in [9.17, 15) is 0 Å². The molecule has 4 heteroatoms. The fourth-order valence-electron chi connectivity index (χ4n) is 2.33. The lowest BCUT2D eigenvalue weighted by molar-refractivity contribution is 0.409. The molecular formula is C10H18N4. The van der Waals surface area contributed by atoms with Crippen molar-refractivity contribution in [3.63, 3.8) is 0 Å². The number of likely N-dealkylation sites (N-methyl/N-ethyl adjacent to an activating group) is 1. The Labute approximate surface area is 84.7 Å². The standard InChI is InChI=1S/C10H18N4/c1-7-9(11)10(14(3)12-7)8-4-5-13(2)6-8/h8H,4-6,11H2,1-3H3. The van der Waals surface area contributed by atoms with E-state index in [1.54, 1.807) is 0 Å². The van der Waals surface area contributed by atoms with E-state index in [1.165, 1.54) is 12.1 Å².